The van der Waals surface area contributed by atoms with Gasteiger partial charge < -0.3 is 15.0 Å². The molecule has 0 bridgehead atoms. The number of carbonyl (C=O) groups is 2. The molecule has 7 nitrogen and oxygen atoms in total. The molecule has 1 aromatic carbocycles. The van der Waals surface area contributed by atoms with Crippen LogP contribution in [0.5, 0.6) is 0 Å². The first-order valence-corrected chi connectivity index (χ1v) is 9.90. The molecule has 0 unspecified atom stereocenters. The maximum atomic E-state index is 12.7. The molecule has 0 aliphatic rings. The van der Waals surface area contributed by atoms with Crippen molar-refractivity contribution in [2.24, 2.45) is 0 Å². The van der Waals surface area contributed by atoms with Gasteiger partial charge in [-0.3, -0.25) is 9.59 Å². The minimum Gasteiger partial charge on any atom is -0.375 e. The summed E-state index contributed by atoms with van der Waals surface area (Å²) in [5, 5.41) is 7.69. The number of nitrogens with zero attached hydrogens (tertiary/aromatic N) is 3. The predicted octanol–water partition coefficient (Wildman–Crippen LogP) is 3.30. The second kappa shape index (κ2) is 9.69. The topological polar surface area (TPSA) is 76.5 Å². The average molecular weight is 401 g/mol. The Kier molecular flexibility index (Phi) is 7.56. The van der Waals surface area contributed by atoms with Crippen molar-refractivity contribution in [3.8, 4) is 5.69 Å². The van der Waals surface area contributed by atoms with E-state index in [9.17, 15) is 9.59 Å². The highest BCUT2D eigenvalue weighted by atomic mass is 16.5. The Balaban J connectivity index is 2.31. The van der Waals surface area contributed by atoms with Crippen molar-refractivity contribution in [1.29, 1.82) is 0 Å². The van der Waals surface area contributed by atoms with Crippen LogP contribution in [0, 0.1) is 6.92 Å². The Morgan fingerprint density at radius 2 is 1.93 bits per heavy atom. The van der Waals surface area contributed by atoms with Crippen LogP contribution < -0.4 is 5.32 Å². The zero-order valence-electron chi connectivity index (χ0n) is 18.3. The highest BCUT2D eigenvalue weighted by Gasteiger charge is 2.23. The van der Waals surface area contributed by atoms with Gasteiger partial charge in [0.1, 0.15) is 12.4 Å². The molecular formula is C22H32N4O3. The Labute approximate surface area is 173 Å². The Hall–Kier alpha value is -2.67. The van der Waals surface area contributed by atoms with Gasteiger partial charge in [-0.1, -0.05) is 45.9 Å². The minimum absolute atomic E-state index is 0.0279. The monoisotopic (exact) mass is 400 g/mol. The summed E-state index contributed by atoms with van der Waals surface area (Å²) in [6, 6.07) is 9.78. The summed E-state index contributed by atoms with van der Waals surface area (Å²) >= 11 is 0. The second-order valence-electron chi connectivity index (χ2n) is 8.16. The number of nitrogens with one attached hydrogen (secondary N) is 1. The first-order chi connectivity index (χ1) is 13.7. The fourth-order valence-electron chi connectivity index (χ4n) is 2.95. The summed E-state index contributed by atoms with van der Waals surface area (Å²) in [6.45, 7) is 10.6. The van der Waals surface area contributed by atoms with E-state index in [1.807, 2.05) is 44.2 Å². The molecule has 2 rings (SSSR count). The summed E-state index contributed by atoms with van der Waals surface area (Å²) < 4.78 is 6.68. The Morgan fingerprint density at radius 1 is 1.24 bits per heavy atom. The zero-order chi connectivity index (χ0) is 21.6. The number of hydrogen-bond donors (Lipinski definition) is 1. The van der Waals surface area contributed by atoms with E-state index in [0.717, 1.165) is 23.4 Å². The van der Waals surface area contributed by atoms with E-state index in [-0.39, 0.29) is 30.4 Å². The number of methoxy groups -OCH3 is 1. The molecule has 29 heavy (non-hydrogen) atoms. The van der Waals surface area contributed by atoms with E-state index in [1.54, 1.807) is 4.68 Å². The van der Waals surface area contributed by atoms with Gasteiger partial charge in [0.2, 0.25) is 11.8 Å². The van der Waals surface area contributed by atoms with Crippen molar-refractivity contribution in [3.63, 3.8) is 0 Å². The van der Waals surface area contributed by atoms with Gasteiger partial charge in [-0.15, -0.1) is 0 Å². The molecule has 0 aliphatic carbocycles. The van der Waals surface area contributed by atoms with Crippen molar-refractivity contribution < 1.29 is 14.3 Å². The predicted molar refractivity (Wildman–Crippen MR) is 114 cm³/mol. The van der Waals surface area contributed by atoms with E-state index in [1.165, 1.54) is 12.0 Å². The Bertz CT molecular complexity index is 852. The van der Waals surface area contributed by atoms with Crippen molar-refractivity contribution in [2.45, 2.75) is 46.5 Å². The van der Waals surface area contributed by atoms with Crippen LogP contribution in [-0.2, 0) is 19.7 Å². The second-order valence-corrected chi connectivity index (χ2v) is 8.16. The van der Waals surface area contributed by atoms with Crippen LogP contribution >= 0.6 is 0 Å². The smallest absolute Gasteiger partial charge is 0.249 e. The fraction of sp³-hybridized carbons (Fsp3) is 0.500. The SMILES string of the molecule is CCCN(CC(=O)Nc1cc(C(C)(C)C)nn1-c1ccccc1C)C(=O)COC. The molecule has 0 fully saturated rings. The fourth-order valence-corrected chi connectivity index (χ4v) is 2.95. The molecule has 2 aromatic rings. The lowest BCUT2D eigenvalue weighted by Crippen LogP contribution is -2.40. The van der Waals surface area contributed by atoms with E-state index >= 15 is 0 Å². The van der Waals surface area contributed by atoms with E-state index in [0.29, 0.717) is 12.4 Å². The number of carbonyl (C=O) groups excluding carboxylic acids is 2. The lowest BCUT2D eigenvalue weighted by Gasteiger charge is -2.21. The number of hydrogen-bond acceptors (Lipinski definition) is 4. The lowest BCUT2D eigenvalue weighted by molar-refractivity contribution is -0.138. The van der Waals surface area contributed by atoms with Gasteiger partial charge in [0.25, 0.3) is 0 Å². The zero-order valence-corrected chi connectivity index (χ0v) is 18.3. The lowest BCUT2D eigenvalue weighted by atomic mass is 9.92. The molecule has 0 spiro atoms. The van der Waals surface area contributed by atoms with Crippen molar-refractivity contribution in [2.75, 3.05) is 32.1 Å². The number of anilines is 1. The Morgan fingerprint density at radius 3 is 2.52 bits per heavy atom. The number of ether oxygens (including phenoxy) is 1. The van der Waals surface area contributed by atoms with Crippen LogP contribution in [0.25, 0.3) is 5.69 Å². The maximum Gasteiger partial charge on any atom is 0.249 e. The van der Waals surface area contributed by atoms with Gasteiger partial charge in [0, 0.05) is 25.1 Å². The maximum absolute atomic E-state index is 12.7. The molecule has 7 heteroatoms. The minimum atomic E-state index is -0.266. The average Bonchev–Trinajstić information content (AvgIpc) is 3.06. The molecule has 1 N–H and O–H groups in total. The van der Waals surface area contributed by atoms with Crippen molar-refractivity contribution >= 4 is 17.6 Å². The number of aryl methyl sites for hydroxylation is 1. The van der Waals surface area contributed by atoms with Crippen molar-refractivity contribution in [3.05, 3.63) is 41.6 Å². The van der Waals surface area contributed by atoms with Gasteiger partial charge in [0.15, 0.2) is 0 Å². The van der Waals surface area contributed by atoms with Crippen molar-refractivity contribution in [1.82, 2.24) is 14.7 Å². The third-order valence-electron chi connectivity index (χ3n) is 4.54. The standard InChI is InChI=1S/C22H32N4O3/c1-7-12-25(21(28)15-29-6)14-20(27)23-19-13-18(22(3,4)5)24-26(19)17-11-9-8-10-16(17)2/h8-11,13H,7,12,14-15H2,1-6H3,(H,23,27). The van der Waals surface area contributed by atoms with Gasteiger partial charge >= 0.3 is 0 Å². The first kappa shape index (κ1) is 22.6. The number of rotatable bonds is 8. The van der Waals surface area contributed by atoms with Crippen LogP contribution in [0.2, 0.25) is 0 Å². The summed E-state index contributed by atoms with van der Waals surface area (Å²) in [4.78, 5) is 26.5. The molecule has 0 aliphatic heterocycles. The molecule has 0 saturated carbocycles. The molecule has 0 atom stereocenters. The quantitative estimate of drug-likeness (QED) is 0.738. The molecular weight excluding hydrogens is 368 g/mol. The molecule has 0 saturated heterocycles. The third-order valence-corrected chi connectivity index (χ3v) is 4.54. The van der Waals surface area contributed by atoms with E-state index in [2.05, 4.69) is 26.1 Å². The van der Waals surface area contributed by atoms with Crippen LogP contribution in [0.4, 0.5) is 5.82 Å². The van der Waals surface area contributed by atoms with Gasteiger partial charge in [-0.2, -0.15) is 5.10 Å². The number of benzene rings is 1. The number of aromatic nitrogens is 2. The normalized spacial score (nSPS) is 11.4. The van der Waals surface area contributed by atoms with Crippen LogP contribution in [0.1, 0.15) is 45.4 Å². The van der Waals surface area contributed by atoms with Gasteiger partial charge in [-0.05, 0) is 25.0 Å². The highest BCUT2D eigenvalue weighted by molar-refractivity contribution is 5.94. The van der Waals surface area contributed by atoms with Gasteiger partial charge in [-0.25, -0.2) is 4.68 Å². The van der Waals surface area contributed by atoms with Gasteiger partial charge in [0.05, 0.1) is 17.9 Å². The number of amides is 2. The summed E-state index contributed by atoms with van der Waals surface area (Å²) in [6.07, 6.45) is 0.762. The van der Waals surface area contributed by atoms with Crippen LogP contribution in [0.3, 0.4) is 0 Å². The van der Waals surface area contributed by atoms with E-state index in [4.69, 9.17) is 9.84 Å². The van der Waals surface area contributed by atoms with E-state index < -0.39 is 0 Å². The molecule has 1 aromatic heterocycles. The molecule has 158 valence electrons. The largest absolute Gasteiger partial charge is 0.375 e. The summed E-state index contributed by atoms with van der Waals surface area (Å²) in [7, 11) is 1.47. The van der Waals surface area contributed by atoms with Crippen LogP contribution in [0.15, 0.2) is 30.3 Å². The number of para-hydroxylation sites is 1. The molecule has 0 radical (unpaired) electrons. The molecule has 2 amide bonds. The van der Waals surface area contributed by atoms with Crippen LogP contribution in [-0.4, -0.2) is 53.3 Å². The molecule has 1 heterocycles. The highest BCUT2D eigenvalue weighted by Crippen LogP contribution is 2.27. The summed E-state index contributed by atoms with van der Waals surface area (Å²) in [5.74, 6) is 0.121. The first-order valence-electron chi connectivity index (χ1n) is 9.90. The summed E-state index contributed by atoms with van der Waals surface area (Å²) in [5.41, 5.74) is 2.65. The third kappa shape index (κ3) is 5.90.